The van der Waals surface area contributed by atoms with Crippen LogP contribution in [0.1, 0.15) is 26.7 Å². The first-order valence-corrected chi connectivity index (χ1v) is 6.11. The molecule has 0 bridgehead atoms. The van der Waals surface area contributed by atoms with Crippen molar-refractivity contribution in [3.8, 4) is 0 Å². The predicted molar refractivity (Wildman–Crippen MR) is 62.7 cm³/mol. The van der Waals surface area contributed by atoms with Crippen molar-refractivity contribution >= 4 is 5.91 Å². The SMILES string of the molecule is CC1CC(C)C(C(=O)N(C)CC(F)F)CC1N. The summed E-state index contributed by atoms with van der Waals surface area (Å²) >= 11 is 0. The first-order valence-electron chi connectivity index (χ1n) is 6.11. The summed E-state index contributed by atoms with van der Waals surface area (Å²) in [5.74, 6) is 0.219. The molecule has 0 aromatic carbocycles. The smallest absolute Gasteiger partial charge is 0.255 e. The van der Waals surface area contributed by atoms with Gasteiger partial charge in [-0.2, -0.15) is 0 Å². The zero-order valence-corrected chi connectivity index (χ0v) is 10.7. The van der Waals surface area contributed by atoms with Gasteiger partial charge >= 0.3 is 0 Å². The van der Waals surface area contributed by atoms with Gasteiger partial charge < -0.3 is 10.6 Å². The molecule has 1 amide bonds. The molecule has 1 aliphatic carbocycles. The fourth-order valence-corrected chi connectivity index (χ4v) is 2.61. The lowest BCUT2D eigenvalue weighted by molar-refractivity contribution is -0.139. The van der Waals surface area contributed by atoms with E-state index in [4.69, 9.17) is 5.73 Å². The van der Waals surface area contributed by atoms with Crippen molar-refractivity contribution in [2.24, 2.45) is 23.5 Å². The molecule has 4 atom stereocenters. The third-order valence-electron chi connectivity index (χ3n) is 3.79. The van der Waals surface area contributed by atoms with E-state index in [1.807, 2.05) is 6.92 Å². The molecule has 4 unspecified atom stereocenters. The molecule has 0 aliphatic heterocycles. The molecule has 0 spiro atoms. The summed E-state index contributed by atoms with van der Waals surface area (Å²) in [7, 11) is 1.44. The molecule has 0 saturated heterocycles. The van der Waals surface area contributed by atoms with Crippen molar-refractivity contribution < 1.29 is 13.6 Å². The van der Waals surface area contributed by atoms with Gasteiger partial charge in [0.1, 0.15) is 0 Å². The Morgan fingerprint density at radius 1 is 1.35 bits per heavy atom. The Labute approximate surface area is 101 Å². The Kier molecular flexibility index (Phi) is 4.86. The van der Waals surface area contributed by atoms with Crippen LogP contribution in [0.4, 0.5) is 8.78 Å². The van der Waals surface area contributed by atoms with E-state index in [1.165, 1.54) is 7.05 Å². The lowest BCUT2D eigenvalue weighted by Crippen LogP contribution is -2.46. The minimum absolute atomic E-state index is 0.0000926. The Morgan fingerprint density at radius 2 is 1.94 bits per heavy atom. The highest BCUT2D eigenvalue weighted by atomic mass is 19.3. The highest BCUT2D eigenvalue weighted by Crippen LogP contribution is 2.33. The highest BCUT2D eigenvalue weighted by Gasteiger charge is 2.36. The maximum absolute atomic E-state index is 12.2. The third-order valence-corrected chi connectivity index (χ3v) is 3.79. The van der Waals surface area contributed by atoms with E-state index in [2.05, 4.69) is 6.92 Å². The fraction of sp³-hybridized carbons (Fsp3) is 0.917. The molecule has 3 nitrogen and oxygen atoms in total. The van der Waals surface area contributed by atoms with Crippen LogP contribution in [-0.2, 0) is 4.79 Å². The standard InChI is InChI=1S/C12H22F2N2O/c1-7-4-8(2)10(15)5-9(7)12(17)16(3)6-11(13)14/h7-11H,4-6,15H2,1-3H3. The van der Waals surface area contributed by atoms with E-state index in [1.54, 1.807) is 0 Å². The van der Waals surface area contributed by atoms with Crippen molar-refractivity contribution in [2.45, 2.75) is 39.2 Å². The average molecular weight is 248 g/mol. The van der Waals surface area contributed by atoms with Crippen LogP contribution in [0.25, 0.3) is 0 Å². The Morgan fingerprint density at radius 3 is 2.47 bits per heavy atom. The van der Waals surface area contributed by atoms with Gasteiger partial charge in [-0.15, -0.1) is 0 Å². The Balaban J connectivity index is 2.62. The zero-order valence-electron chi connectivity index (χ0n) is 10.7. The number of halogens is 2. The summed E-state index contributed by atoms with van der Waals surface area (Å²) in [5.41, 5.74) is 5.95. The topological polar surface area (TPSA) is 46.3 Å². The second-order valence-electron chi connectivity index (χ2n) is 5.31. The number of alkyl halides is 2. The molecular formula is C12H22F2N2O. The van der Waals surface area contributed by atoms with Gasteiger partial charge in [0.25, 0.3) is 6.43 Å². The summed E-state index contributed by atoms with van der Waals surface area (Å²) in [6.07, 6.45) is -0.982. The second-order valence-corrected chi connectivity index (χ2v) is 5.31. The number of nitrogens with two attached hydrogens (primary N) is 1. The van der Waals surface area contributed by atoms with Crippen LogP contribution >= 0.6 is 0 Å². The maximum atomic E-state index is 12.2. The van der Waals surface area contributed by atoms with Crippen molar-refractivity contribution in [3.05, 3.63) is 0 Å². The minimum Gasteiger partial charge on any atom is -0.340 e. The van der Waals surface area contributed by atoms with Crippen LogP contribution in [0.15, 0.2) is 0 Å². The van der Waals surface area contributed by atoms with Gasteiger partial charge in [-0.1, -0.05) is 13.8 Å². The number of amides is 1. The molecule has 1 fully saturated rings. The Hall–Kier alpha value is -0.710. The number of hydrogen-bond acceptors (Lipinski definition) is 2. The molecule has 2 N–H and O–H groups in total. The molecule has 0 aromatic rings. The van der Waals surface area contributed by atoms with E-state index in [9.17, 15) is 13.6 Å². The molecule has 0 aromatic heterocycles. The number of nitrogens with zero attached hydrogens (tertiary/aromatic N) is 1. The minimum atomic E-state index is -2.48. The number of rotatable bonds is 3. The molecule has 0 heterocycles. The van der Waals surface area contributed by atoms with Crippen LogP contribution in [0.2, 0.25) is 0 Å². The molecule has 5 heteroatoms. The quantitative estimate of drug-likeness (QED) is 0.826. The molecule has 0 radical (unpaired) electrons. The van der Waals surface area contributed by atoms with Crippen LogP contribution in [0.3, 0.4) is 0 Å². The second kappa shape index (κ2) is 5.76. The maximum Gasteiger partial charge on any atom is 0.255 e. The van der Waals surface area contributed by atoms with Gasteiger partial charge in [0.2, 0.25) is 5.91 Å². The van der Waals surface area contributed by atoms with Gasteiger partial charge in [-0.3, -0.25) is 4.79 Å². The number of hydrogen-bond donors (Lipinski definition) is 1. The van der Waals surface area contributed by atoms with Gasteiger partial charge in [-0.05, 0) is 24.7 Å². The molecular weight excluding hydrogens is 226 g/mol. The van der Waals surface area contributed by atoms with E-state index in [-0.39, 0.29) is 23.8 Å². The number of carbonyl (C=O) groups excluding carboxylic acids is 1. The third kappa shape index (κ3) is 3.63. The lowest BCUT2D eigenvalue weighted by atomic mass is 9.72. The lowest BCUT2D eigenvalue weighted by Gasteiger charge is -2.37. The van der Waals surface area contributed by atoms with Gasteiger partial charge in [0, 0.05) is 19.0 Å². The van der Waals surface area contributed by atoms with Gasteiger partial charge in [0.05, 0.1) is 6.54 Å². The first-order chi connectivity index (χ1) is 7.82. The zero-order chi connectivity index (χ0) is 13.2. The first kappa shape index (κ1) is 14.4. The summed E-state index contributed by atoms with van der Waals surface area (Å²) < 4.78 is 24.5. The van der Waals surface area contributed by atoms with Crippen LogP contribution < -0.4 is 5.73 Å². The average Bonchev–Trinajstić information content (AvgIpc) is 2.21. The summed E-state index contributed by atoms with van der Waals surface area (Å²) in [6.45, 7) is 3.58. The summed E-state index contributed by atoms with van der Waals surface area (Å²) in [5, 5.41) is 0. The van der Waals surface area contributed by atoms with Gasteiger partial charge in [-0.25, -0.2) is 8.78 Å². The largest absolute Gasteiger partial charge is 0.340 e. The Bertz CT molecular complexity index is 273. The van der Waals surface area contributed by atoms with Crippen LogP contribution in [0.5, 0.6) is 0 Å². The monoisotopic (exact) mass is 248 g/mol. The van der Waals surface area contributed by atoms with Gasteiger partial charge in [0.15, 0.2) is 0 Å². The van der Waals surface area contributed by atoms with Crippen molar-refractivity contribution in [1.82, 2.24) is 4.90 Å². The van der Waals surface area contributed by atoms with Crippen LogP contribution in [-0.4, -0.2) is 36.9 Å². The normalized spacial score (nSPS) is 33.8. The summed E-state index contributed by atoms with van der Waals surface area (Å²) in [6, 6.07) is 0.0000926. The highest BCUT2D eigenvalue weighted by molar-refractivity contribution is 5.79. The molecule has 1 rings (SSSR count). The summed E-state index contributed by atoms with van der Waals surface area (Å²) in [4.78, 5) is 13.2. The van der Waals surface area contributed by atoms with Crippen molar-refractivity contribution in [2.75, 3.05) is 13.6 Å². The van der Waals surface area contributed by atoms with Crippen LogP contribution in [0, 0.1) is 17.8 Å². The van der Waals surface area contributed by atoms with E-state index in [0.29, 0.717) is 12.3 Å². The van der Waals surface area contributed by atoms with Crippen molar-refractivity contribution in [3.63, 3.8) is 0 Å². The van der Waals surface area contributed by atoms with E-state index in [0.717, 1.165) is 11.3 Å². The predicted octanol–water partition coefficient (Wildman–Crippen LogP) is 1.72. The van der Waals surface area contributed by atoms with Crippen molar-refractivity contribution in [1.29, 1.82) is 0 Å². The van der Waals surface area contributed by atoms with E-state index < -0.39 is 13.0 Å². The molecule has 1 saturated carbocycles. The molecule has 17 heavy (non-hydrogen) atoms. The fourth-order valence-electron chi connectivity index (χ4n) is 2.61. The molecule has 100 valence electrons. The van der Waals surface area contributed by atoms with E-state index >= 15 is 0 Å². The molecule has 1 aliphatic rings. The number of carbonyl (C=O) groups is 1.